The van der Waals surface area contributed by atoms with E-state index >= 15 is 0 Å². The van der Waals surface area contributed by atoms with E-state index in [2.05, 4.69) is 13.5 Å². The van der Waals surface area contributed by atoms with Gasteiger partial charge in [0, 0.05) is 8.35 Å². The minimum atomic E-state index is 1.03. The Hall–Kier alpha value is 0.270. The van der Waals surface area contributed by atoms with Gasteiger partial charge in [-0.15, -0.1) is 0 Å². The molecular formula is C3H7NP2. The Bertz CT molecular complexity index is 72.9. The van der Waals surface area contributed by atoms with Gasteiger partial charge in [-0.1, -0.05) is 0 Å². The first kappa shape index (κ1) is 6.27. The molecule has 0 bridgehead atoms. The van der Waals surface area contributed by atoms with E-state index in [-0.39, 0.29) is 0 Å². The average Bonchev–Trinajstić information content (AvgIpc) is 1.35. The molecule has 0 radical (unpaired) electrons. The summed E-state index contributed by atoms with van der Waals surface area (Å²) in [4.78, 5) is 0. The lowest BCUT2D eigenvalue weighted by atomic mass is 10.6. The predicted octanol–water partition coefficient (Wildman–Crippen LogP) is 2.39. The minimum absolute atomic E-state index is 1.03. The highest BCUT2D eigenvalue weighted by Crippen LogP contribution is 2.00. The van der Waals surface area contributed by atoms with Gasteiger partial charge in [-0.3, -0.25) is 0 Å². The molecule has 0 N–H and O–H groups in total. The molecule has 0 amide bonds. The molecule has 0 rings (SSSR count). The van der Waals surface area contributed by atoms with Gasteiger partial charge < -0.3 is 0 Å². The number of hydrogen-bond acceptors (Lipinski definition) is 1. The van der Waals surface area contributed by atoms with Crippen LogP contribution in [0, 0.1) is 0 Å². The van der Waals surface area contributed by atoms with Crippen LogP contribution in [-0.4, -0.2) is 5.29 Å². The predicted molar refractivity (Wildman–Crippen MR) is 34.0 cm³/mol. The summed E-state index contributed by atoms with van der Waals surface area (Å²) < 4.78 is 3.68. The Labute approximate surface area is 41.9 Å². The topological polar surface area (TPSA) is 12.4 Å². The molecule has 0 fully saturated rings. The second kappa shape index (κ2) is 3.46. The van der Waals surface area contributed by atoms with Gasteiger partial charge in [0.05, 0.1) is 0 Å². The van der Waals surface area contributed by atoms with Crippen LogP contribution in [-0.2, 0) is 0 Å². The maximum absolute atomic E-state index is 3.68. The normalized spacial score (nSPS) is 8.33. The van der Waals surface area contributed by atoms with Crippen LogP contribution >= 0.6 is 17.4 Å². The molecule has 0 saturated heterocycles. The van der Waals surface area contributed by atoms with Crippen molar-refractivity contribution in [1.82, 2.24) is 0 Å². The fourth-order valence-corrected chi connectivity index (χ4v) is 0.900. The summed E-state index contributed by atoms with van der Waals surface area (Å²) in [5.74, 6) is 0. The van der Waals surface area contributed by atoms with E-state index in [4.69, 9.17) is 0 Å². The lowest BCUT2D eigenvalue weighted by Gasteiger charge is -1.73. The molecule has 3 heteroatoms. The van der Waals surface area contributed by atoms with Crippen LogP contribution in [0.15, 0.2) is 4.52 Å². The molecule has 0 aliphatic heterocycles. The zero-order chi connectivity index (χ0) is 4.99. The van der Waals surface area contributed by atoms with Gasteiger partial charge in [-0.25, -0.2) is 4.52 Å². The molecule has 0 aromatic heterocycles. The summed E-state index contributed by atoms with van der Waals surface area (Å²) in [7, 11) is 4.02. The van der Waals surface area contributed by atoms with Crippen LogP contribution in [0.1, 0.15) is 13.8 Å². The molecule has 0 saturated carbocycles. The summed E-state index contributed by atoms with van der Waals surface area (Å²) in [5, 5.41) is 1.30. The summed E-state index contributed by atoms with van der Waals surface area (Å²) in [5.41, 5.74) is 0. The van der Waals surface area contributed by atoms with Crippen LogP contribution < -0.4 is 0 Å². The summed E-state index contributed by atoms with van der Waals surface area (Å²) in [6, 6.07) is 0. The van der Waals surface area contributed by atoms with Crippen LogP contribution in [0.2, 0.25) is 0 Å². The smallest absolute Gasteiger partial charge is 0.0405 e. The molecule has 0 aliphatic rings. The molecule has 0 aromatic rings. The fraction of sp³-hybridized carbons (Fsp3) is 0.667. The van der Waals surface area contributed by atoms with Crippen molar-refractivity contribution in [1.29, 1.82) is 0 Å². The Kier molecular flexibility index (Phi) is 3.62. The first-order valence-electron chi connectivity index (χ1n) is 1.65. The van der Waals surface area contributed by atoms with Gasteiger partial charge in [-0.2, -0.15) is 0 Å². The van der Waals surface area contributed by atoms with E-state index < -0.39 is 0 Å². The second-order valence-electron chi connectivity index (χ2n) is 1.15. The van der Waals surface area contributed by atoms with E-state index in [0.717, 1.165) is 8.35 Å². The molecule has 0 heterocycles. The maximum Gasteiger partial charge on any atom is 0.0405 e. The highest BCUT2D eigenvalue weighted by atomic mass is 31.1. The van der Waals surface area contributed by atoms with Gasteiger partial charge in [0.25, 0.3) is 0 Å². The summed E-state index contributed by atoms with van der Waals surface area (Å²) in [6.07, 6.45) is 0. The lowest BCUT2D eigenvalue weighted by Crippen LogP contribution is -1.65. The van der Waals surface area contributed by atoms with E-state index in [1.54, 1.807) is 0 Å². The van der Waals surface area contributed by atoms with Gasteiger partial charge in [0.1, 0.15) is 0 Å². The van der Waals surface area contributed by atoms with Crippen molar-refractivity contribution >= 4 is 22.7 Å². The largest absolute Gasteiger partial charge is 0.215 e. The maximum atomic E-state index is 3.68. The third-order valence-electron chi connectivity index (χ3n) is 0.250. The van der Waals surface area contributed by atoms with Crippen LogP contribution in [0.4, 0.5) is 0 Å². The third-order valence-corrected chi connectivity index (χ3v) is 1.05. The standard InChI is InChI=1S/C3H7NP2/c1-3(2)6-4-5/h5H,1-2H3. The molecule has 1 nitrogen and oxygen atoms in total. The molecule has 34 valence electrons. The lowest BCUT2D eigenvalue weighted by molar-refractivity contribution is 1.84. The second-order valence-corrected chi connectivity index (χ2v) is 3.04. The highest BCUT2D eigenvalue weighted by Gasteiger charge is 1.66. The molecule has 0 unspecified atom stereocenters. The van der Waals surface area contributed by atoms with E-state index in [1.807, 2.05) is 13.8 Å². The number of nitrogens with zero attached hydrogens (tertiary/aromatic N) is 1. The molecular weight excluding hydrogens is 112 g/mol. The molecule has 0 aliphatic carbocycles. The van der Waals surface area contributed by atoms with Crippen molar-refractivity contribution in [2.24, 2.45) is 4.52 Å². The number of hydrogen-bond donors (Lipinski definition) is 0. The minimum Gasteiger partial charge on any atom is -0.215 e. The monoisotopic (exact) mass is 119 g/mol. The van der Waals surface area contributed by atoms with E-state index in [0.29, 0.717) is 0 Å². The van der Waals surface area contributed by atoms with Gasteiger partial charge in [0.2, 0.25) is 0 Å². The van der Waals surface area contributed by atoms with Crippen molar-refractivity contribution in [2.45, 2.75) is 13.8 Å². The van der Waals surface area contributed by atoms with Crippen molar-refractivity contribution < 1.29 is 0 Å². The average molecular weight is 119 g/mol. The SMILES string of the molecule is CC(C)=PN=P. The first-order chi connectivity index (χ1) is 2.77. The van der Waals surface area contributed by atoms with Gasteiger partial charge in [0.15, 0.2) is 0 Å². The molecule has 0 spiro atoms. The molecule has 0 atom stereocenters. The van der Waals surface area contributed by atoms with Gasteiger partial charge >= 0.3 is 0 Å². The van der Waals surface area contributed by atoms with Crippen LogP contribution in [0.25, 0.3) is 0 Å². The Morgan fingerprint density at radius 3 is 2.17 bits per heavy atom. The molecule has 0 aromatic carbocycles. The Morgan fingerprint density at radius 2 is 2.17 bits per heavy atom. The zero-order valence-electron chi connectivity index (χ0n) is 3.89. The van der Waals surface area contributed by atoms with Crippen LogP contribution in [0.3, 0.4) is 0 Å². The van der Waals surface area contributed by atoms with Gasteiger partial charge in [-0.05, 0) is 28.2 Å². The van der Waals surface area contributed by atoms with Crippen molar-refractivity contribution in [3.05, 3.63) is 0 Å². The van der Waals surface area contributed by atoms with Crippen molar-refractivity contribution in [3.8, 4) is 0 Å². The fourth-order valence-electron chi connectivity index (χ4n) is 0.100. The van der Waals surface area contributed by atoms with Crippen LogP contribution in [0.5, 0.6) is 0 Å². The Balaban J connectivity index is 3.41. The first-order valence-corrected chi connectivity index (χ1v) is 2.94. The molecule has 6 heavy (non-hydrogen) atoms. The Morgan fingerprint density at radius 1 is 1.67 bits per heavy atom. The van der Waals surface area contributed by atoms with Crippen molar-refractivity contribution in [2.75, 3.05) is 0 Å². The summed E-state index contributed by atoms with van der Waals surface area (Å²) in [6.45, 7) is 4.07. The quantitative estimate of drug-likeness (QED) is 0.470. The van der Waals surface area contributed by atoms with E-state index in [9.17, 15) is 0 Å². The highest BCUT2D eigenvalue weighted by molar-refractivity contribution is 7.42. The number of rotatable bonds is 1. The third kappa shape index (κ3) is 4.27. The van der Waals surface area contributed by atoms with Crippen molar-refractivity contribution in [3.63, 3.8) is 0 Å². The van der Waals surface area contributed by atoms with E-state index in [1.165, 1.54) is 5.29 Å². The summed E-state index contributed by atoms with van der Waals surface area (Å²) >= 11 is 0. The zero-order valence-corrected chi connectivity index (χ0v) is 5.79.